The van der Waals surface area contributed by atoms with Crippen molar-refractivity contribution in [1.82, 2.24) is 4.98 Å². The lowest BCUT2D eigenvalue weighted by molar-refractivity contribution is 0.214. The third-order valence-electron chi connectivity index (χ3n) is 3.33. The zero-order chi connectivity index (χ0) is 15.1. The standard InChI is InChI=1S/C15H11F2NO3/c1-7-4-9(11(17)6-10(7)16)14(19)8-2-3-12-13(5-8)21-15(20)18-12/h2-6,14,19H,1H3,(H,18,20). The topological polar surface area (TPSA) is 66.2 Å². The molecule has 0 fully saturated rings. The van der Waals surface area contributed by atoms with Crippen LogP contribution in [0, 0.1) is 18.6 Å². The van der Waals surface area contributed by atoms with Crippen molar-refractivity contribution in [3.8, 4) is 0 Å². The predicted molar refractivity (Wildman–Crippen MR) is 72.0 cm³/mol. The highest BCUT2D eigenvalue weighted by Crippen LogP contribution is 2.28. The molecular formula is C15H11F2NO3. The number of nitrogens with one attached hydrogen (secondary N) is 1. The minimum absolute atomic E-state index is 0.0360. The average molecular weight is 291 g/mol. The lowest BCUT2D eigenvalue weighted by atomic mass is 9.99. The summed E-state index contributed by atoms with van der Waals surface area (Å²) in [6.45, 7) is 1.49. The van der Waals surface area contributed by atoms with Crippen molar-refractivity contribution in [1.29, 1.82) is 0 Å². The highest BCUT2D eigenvalue weighted by molar-refractivity contribution is 5.73. The molecule has 0 bridgehead atoms. The molecule has 3 rings (SSSR count). The molecule has 0 aliphatic heterocycles. The van der Waals surface area contributed by atoms with E-state index in [9.17, 15) is 18.7 Å². The first-order valence-corrected chi connectivity index (χ1v) is 6.22. The van der Waals surface area contributed by atoms with Gasteiger partial charge in [-0.3, -0.25) is 4.98 Å². The van der Waals surface area contributed by atoms with Crippen molar-refractivity contribution in [2.24, 2.45) is 0 Å². The van der Waals surface area contributed by atoms with Gasteiger partial charge in [0.2, 0.25) is 0 Å². The smallest absolute Gasteiger partial charge is 0.408 e. The number of fused-ring (bicyclic) bond motifs is 1. The SMILES string of the molecule is Cc1cc(C(O)c2ccc3[nH]c(=O)oc3c2)c(F)cc1F. The number of aryl methyl sites for hydroxylation is 1. The van der Waals surface area contributed by atoms with Crippen molar-refractivity contribution < 1.29 is 18.3 Å². The van der Waals surface area contributed by atoms with Crippen LogP contribution < -0.4 is 5.76 Å². The van der Waals surface area contributed by atoms with Gasteiger partial charge in [-0.1, -0.05) is 6.07 Å². The van der Waals surface area contributed by atoms with Crippen LogP contribution in [0.5, 0.6) is 0 Å². The lowest BCUT2D eigenvalue weighted by Crippen LogP contribution is -2.04. The van der Waals surface area contributed by atoms with Crippen LogP contribution >= 0.6 is 0 Å². The fourth-order valence-corrected chi connectivity index (χ4v) is 2.20. The summed E-state index contributed by atoms with van der Waals surface area (Å²) in [5.41, 5.74) is 1.28. The van der Waals surface area contributed by atoms with Gasteiger partial charge in [-0.2, -0.15) is 0 Å². The van der Waals surface area contributed by atoms with Crippen LogP contribution in [0.15, 0.2) is 39.5 Å². The van der Waals surface area contributed by atoms with E-state index in [1.165, 1.54) is 25.1 Å². The number of H-pyrrole nitrogens is 1. The number of hydrogen-bond donors (Lipinski definition) is 2. The Hall–Kier alpha value is -2.47. The Bertz CT molecular complexity index is 882. The fourth-order valence-electron chi connectivity index (χ4n) is 2.20. The molecule has 1 unspecified atom stereocenters. The maximum absolute atomic E-state index is 13.8. The number of aromatic amines is 1. The molecular weight excluding hydrogens is 280 g/mol. The zero-order valence-electron chi connectivity index (χ0n) is 11.0. The van der Waals surface area contributed by atoms with Crippen molar-refractivity contribution in [3.63, 3.8) is 0 Å². The van der Waals surface area contributed by atoms with Crippen molar-refractivity contribution in [2.45, 2.75) is 13.0 Å². The Kier molecular flexibility index (Phi) is 3.10. The molecule has 1 aromatic heterocycles. The Morgan fingerprint density at radius 2 is 1.95 bits per heavy atom. The third-order valence-corrected chi connectivity index (χ3v) is 3.33. The second kappa shape index (κ2) is 4.82. The average Bonchev–Trinajstić information content (AvgIpc) is 2.81. The van der Waals surface area contributed by atoms with Gasteiger partial charge >= 0.3 is 5.76 Å². The summed E-state index contributed by atoms with van der Waals surface area (Å²) in [7, 11) is 0. The van der Waals surface area contributed by atoms with E-state index >= 15 is 0 Å². The van der Waals surface area contributed by atoms with Gasteiger partial charge < -0.3 is 9.52 Å². The summed E-state index contributed by atoms with van der Waals surface area (Å²) in [5, 5.41) is 10.3. The summed E-state index contributed by atoms with van der Waals surface area (Å²) >= 11 is 0. The molecule has 6 heteroatoms. The first-order valence-electron chi connectivity index (χ1n) is 6.22. The highest BCUT2D eigenvalue weighted by atomic mass is 19.1. The van der Waals surface area contributed by atoms with E-state index in [-0.39, 0.29) is 16.7 Å². The summed E-state index contributed by atoms with van der Waals surface area (Å²) in [6, 6.07) is 6.52. The zero-order valence-corrected chi connectivity index (χ0v) is 11.0. The maximum Gasteiger partial charge on any atom is 0.417 e. The Balaban J connectivity index is 2.09. The summed E-state index contributed by atoms with van der Waals surface area (Å²) in [4.78, 5) is 13.6. The predicted octanol–water partition coefficient (Wildman–Crippen LogP) is 2.79. The molecule has 0 aliphatic rings. The highest BCUT2D eigenvalue weighted by Gasteiger charge is 2.18. The summed E-state index contributed by atoms with van der Waals surface area (Å²) in [5.74, 6) is -2.11. The van der Waals surface area contributed by atoms with Crippen molar-refractivity contribution >= 4 is 11.1 Å². The van der Waals surface area contributed by atoms with E-state index < -0.39 is 23.5 Å². The molecule has 0 saturated carbocycles. The minimum Gasteiger partial charge on any atom is -0.408 e. The molecule has 0 aliphatic carbocycles. The van der Waals surface area contributed by atoms with Crippen molar-refractivity contribution in [2.75, 3.05) is 0 Å². The Morgan fingerprint density at radius 1 is 1.19 bits per heavy atom. The van der Waals surface area contributed by atoms with E-state index in [0.717, 1.165) is 6.07 Å². The Morgan fingerprint density at radius 3 is 2.71 bits per heavy atom. The summed E-state index contributed by atoms with van der Waals surface area (Å²) in [6.07, 6.45) is -1.28. The molecule has 108 valence electrons. The largest absolute Gasteiger partial charge is 0.417 e. The summed E-state index contributed by atoms with van der Waals surface area (Å²) < 4.78 is 32.0. The maximum atomic E-state index is 13.8. The molecule has 1 heterocycles. The Labute approximate surface area is 117 Å². The van der Waals surface area contributed by atoms with E-state index in [2.05, 4.69) is 4.98 Å². The van der Waals surface area contributed by atoms with Gasteiger partial charge in [0.25, 0.3) is 0 Å². The fraction of sp³-hybridized carbons (Fsp3) is 0.133. The van der Waals surface area contributed by atoms with Crippen molar-refractivity contribution in [3.05, 3.63) is 69.2 Å². The molecule has 2 N–H and O–H groups in total. The quantitative estimate of drug-likeness (QED) is 0.763. The van der Waals surface area contributed by atoms with E-state index in [1.807, 2.05) is 0 Å². The van der Waals surface area contributed by atoms with Crippen LogP contribution in [0.4, 0.5) is 8.78 Å². The molecule has 0 radical (unpaired) electrons. The van der Waals surface area contributed by atoms with Crippen LogP contribution in [0.1, 0.15) is 22.8 Å². The lowest BCUT2D eigenvalue weighted by Gasteiger charge is -2.13. The molecule has 2 aromatic carbocycles. The third kappa shape index (κ3) is 2.34. The number of hydrogen-bond acceptors (Lipinski definition) is 3. The minimum atomic E-state index is -1.28. The van der Waals surface area contributed by atoms with E-state index in [0.29, 0.717) is 11.1 Å². The van der Waals surface area contributed by atoms with Crippen LogP contribution in [0.2, 0.25) is 0 Å². The van der Waals surface area contributed by atoms with Gasteiger partial charge in [-0.25, -0.2) is 13.6 Å². The van der Waals surface area contributed by atoms with E-state index in [4.69, 9.17) is 4.42 Å². The molecule has 0 saturated heterocycles. The van der Waals surface area contributed by atoms with Gasteiger partial charge in [-0.05, 0) is 36.2 Å². The monoisotopic (exact) mass is 291 g/mol. The van der Waals surface area contributed by atoms with Crippen LogP contribution in [0.3, 0.4) is 0 Å². The first-order chi connectivity index (χ1) is 9.95. The van der Waals surface area contributed by atoms with Crippen LogP contribution in [0.25, 0.3) is 11.1 Å². The van der Waals surface area contributed by atoms with Gasteiger partial charge in [0.15, 0.2) is 5.58 Å². The molecule has 3 aromatic rings. The molecule has 0 spiro atoms. The number of aliphatic hydroxyl groups excluding tert-OH is 1. The molecule has 1 atom stereocenters. The van der Waals surface area contributed by atoms with Gasteiger partial charge in [-0.15, -0.1) is 0 Å². The normalized spacial score (nSPS) is 12.8. The number of aromatic nitrogens is 1. The van der Waals surface area contributed by atoms with Gasteiger partial charge in [0, 0.05) is 11.6 Å². The van der Waals surface area contributed by atoms with E-state index in [1.54, 1.807) is 6.07 Å². The van der Waals surface area contributed by atoms with Crippen LogP contribution in [-0.4, -0.2) is 10.1 Å². The molecule has 0 amide bonds. The van der Waals surface area contributed by atoms with Gasteiger partial charge in [0.1, 0.15) is 17.7 Å². The number of aliphatic hydroxyl groups is 1. The number of halogens is 2. The second-order valence-corrected chi connectivity index (χ2v) is 4.80. The number of rotatable bonds is 2. The first kappa shape index (κ1) is 13.5. The second-order valence-electron chi connectivity index (χ2n) is 4.80. The number of benzene rings is 2. The number of oxazole rings is 1. The van der Waals surface area contributed by atoms with Crippen LogP contribution in [-0.2, 0) is 0 Å². The molecule has 4 nitrogen and oxygen atoms in total. The van der Waals surface area contributed by atoms with Gasteiger partial charge in [0.05, 0.1) is 5.52 Å². The molecule has 21 heavy (non-hydrogen) atoms.